The molecule has 0 atom stereocenters. The van der Waals surface area contributed by atoms with Crippen LogP contribution in [0.4, 0.5) is 10.1 Å². The van der Waals surface area contributed by atoms with E-state index in [1.54, 1.807) is 30.7 Å². The Kier molecular flexibility index (Phi) is 3.86. The van der Waals surface area contributed by atoms with Crippen molar-refractivity contribution < 1.29 is 13.7 Å². The zero-order valence-electron chi connectivity index (χ0n) is 14.8. The van der Waals surface area contributed by atoms with Crippen LogP contribution in [0.3, 0.4) is 0 Å². The van der Waals surface area contributed by atoms with Gasteiger partial charge in [-0.1, -0.05) is 5.16 Å². The quantitative estimate of drug-likeness (QED) is 0.767. The zero-order valence-corrected chi connectivity index (χ0v) is 14.8. The summed E-state index contributed by atoms with van der Waals surface area (Å²) in [6, 6.07) is 6.61. The number of halogens is 1. The van der Waals surface area contributed by atoms with Crippen LogP contribution in [-0.4, -0.2) is 20.8 Å². The van der Waals surface area contributed by atoms with E-state index < -0.39 is 5.82 Å². The third-order valence-corrected chi connectivity index (χ3v) is 4.55. The van der Waals surface area contributed by atoms with Gasteiger partial charge in [0.2, 0.25) is 0 Å². The summed E-state index contributed by atoms with van der Waals surface area (Å²) in [5, 5.41) is 10.9. The molecule has 7 heteroatoms. The van der Waals surface area contributed by atoms with Crippen molar-refractivity contribution in [2.75, 3.05) is 5.32 Å². The van der Waals surface area contributed by atoms with Crippen molar-refractivity contribution in [3.8, 4) is 5.69 Å². The molecule has 134 valence electrons. The lowest BCUT2D eigenvalue weighted by molar-refractivity contribution is 0.102. The molecule has 2 aromatic heterocycles. The van der Waals surface area contributed by atoms with Gasteiger partial charge in [0.05, 0.1) is 11.4 Å². The minimum Gasteiger partial charge on any atom is -0.361 e. The second-order valence-electron chi connectivity index (χ2n) is 6.72. The molecular formula is C19H19FN4O2. The first kappa shape index (κ1) is 16.5. The fraction of sp³-hybridized carbons (Fsp3) is 0.316. The highest BCUT2D eigenvalue weighted by Gasteiger charge is 2.29. The molecule has 0 saturated heterocycles. The highest BCUT2D eigenvalue weighted by Crippen LogP contribution is 2.41. The third-order valence-electron chi connectivity index (χ3n) is 4.55. The molecule has 2 heterocycles. The monoisotopic (exact) mass is 354 g/mol. The van der Waals surface area contributed by atoms with Crippen LogP contribution in [0.2, 0.25) is 0 Å². The third kappa shape index (κ3) is 2.89. The molecule has 1 aliphatic rings. The lowest BCUT2D eigenvalue weighted by Crippen LogP contribution is -2.14. The fourth-order valence-electron chi connectivity index (χ4n) is 3.14. The standard InChI is InChI=1S/C19H19FN4O2/c1-10-8-17(13-4-5-13)24(22-10)16-7-6-14(9-15(16)20)21-19(25)18-11(2)23-26-12(18)3/h6-9,13H,4-5H2,1-3H3,(H,21,25). The van der Waals surface area contributed by atoms with Gasteiger partial charge in [-0.05, 0) is 57.9 Å². The predicted octanol–water partition coefficient (Wildman–Crippen LogP) is 4.05. The van der Waals surface area contributed by atoms with Crippen LogP contribution in [0, 0.1) is 26.6 Å². The van der Waals surface area contributed by atoms with Gasteiger partial charge in [-0.2, -0.15) is 5.10 Å². The van der Waals surface area contributed by atoms with Crippen molar-refractivity contribution in [2.24, 2.45) is 0 Å². The van der Waals surface area contributed by atoms with Crippen LogP contribution in [0.25, 0.3) is 5.69 Å². The van der Waals surface area contributed by atoms with Crippen LogP contribution >= 0.6 is 0 Å². The number of carbonyl (C=O) groups excluding carboxylic acids is 1. The Morgan fingerprint density at radius 3 is 2.65 bits per heavy atom. The SMILES string of the molecule is Cc1cc(C2CC2)n(-c2ccc(NC(=O)c3c(C)noc3C)cc2F)n1. The number of amides is 1. The molecule has 0 radical (unpaired) electrons. The van der Waals surface area contributed by atoms with Crippen molar-refractivity contribution in [2.45, 2.75) is 39.5 Å². The fourth-order valence-corrected chi connectivity index (χ4v) is 3.14. The molecule has 1 aromatic carbocycles. The molecule has 1 fully saturated rings. The van der Waals surface area contributed by atoms with Crippen LogP contribution < -0.4 is 5.32 Å². The van der Waals surface area contributed by atoms with Crippen LogP contribution in [0.15, 0.2) is 28.8 Å². The first-order valence-electron chi connectivity index (χ1n) is 8.54. The maximum atomic E-state index is 14.7. The number of benzene rings is 1. The van der Waals surface area contributed by atoms with Crippen LogP contribution in [0.1, 0.15) is 52.0 Å². The predicted molar refractivity (Wildman–Crippen MR) is 94.2 cm³/mol. The normalized spacial score (nSPS) is 13.8. The highest BCUT2D eigenvalue weighted by molar-refractivity contribution is 6.05. The van der Waals surface area contributed by atoms with Gasteiger partial charge in [-0.3, -0.25) is 4.79 Å². The molecule has 0 aliphatic heterocycles. The Morgan fingerprint density at radius 1 is 1.27 bits per heavy atom. The van der Waals surface area contributed by atoms with E-state index in [4.69, 9.17) is 4.52 Å². The summed E-state index contributed by atoms with van der Waals surface area (Å²) in [5.74, 6) is 0.0706. The Bertz CT molecular complexity index is 982. The van der Waals surface area contributed by atoms with Gasteiger partial charge in [0.25, 0.3) is 5.91 Å². The second kappa shape index (κ2) is 6.09. The van der Waals surface area contributed by atoms with Crippen LogP contribution in [0.5, 0.6) is 0 Å². The van der Waals surface area contributed by atoms with E-state index in [0.29, 0.717) is 34.3 Å². The molecule has 0 spiro atoms. The summed E-state index contributed by atoms with van der Waals surface area (Å²) in [6.45, 7) is 5.26. The number of hydrogen-bond acceptors (Lipinski definition) is 4. The molecule has 26 heavy (non-hydrogen) atoms. The van der Waals surface area contributed by atoms with Crippen molar-refractivity contribution in [1.29, 1.82) is 0 Å². The molecule has 0 bridgehead atoms. The number of hydrogen-bond donors (Lipinski definition) is 1. The second-order valence-corrected chi connectivity index (χ2v) is 6.72. The van der Waals surface area contributed by atoms with Gasteiger partial charge >= 0.3 is 0 Å². The number of aryl methyl sites for hydroxylation is 3. The first-order valence-corrected chi connectivity index (χ1v) is 8.54. The smallest absolute Gasteiger partial charge is 0.261 e. The number of aromatic nitrogens is 3. The Balaban J connectivity index is 1.62. The van der Waals surface area contributed by atoms with E-state index in [1.165, 1.54) is 6.07 Å². The number of rotatable bonds is 4. The van der Waals surface area contributed by atoms with Crippen molar-refractivity contribution in [3.63, 3.8) is 0 Å². The molecule has 1 N–H and O–H groups in total. The summed E-state index contributed by atoms with van der Waals surface area (Å²) in [7, 11) is 0. The van der Waals surface area contributed by atoms with Gasteiger partial charge in [-0.15, -0.1) is 0 Å². The molecular weight excluding hydrogens is 335 g/mol. The molecule has 1 amide bonds. The van der Waals surface area contributed by atoms with E-state index in [0.717, 1.165) is 24.2 Å². The first-order chi connectivity index (χ1) is 12.4. The molecule has 3 aromatic rings. The topological polar surface area (TPSA) is 73.0 Å². The maximum Gasteiger partial charge on any atom is 0.261 e. The van der Waals surface area contributed by atoms with Gasteiger partial charge < -0.3 is 9.84 Å². The zero-order chi connectivity index (χ0) is 18.4. The van der Waals surface area contributed by atoms with Crippen molar-refractivity contribution >= 4 is 11.6 Å². The summed E-state index contributed by atoms with van der Waals surface area (Å²) in [5.41, 5.74) is 3.52. The minimum atomic E-state index is -0.438. The van der Waals surface area contributed by atoms with Gasteiger partial charge in [-0.25, -0.2) is 9.07 Å². The number of anilines is 1. The van der Waals surface area contributed by atoms with E-state index in [9.17, 15) is 9.18 Å². The van der Waals surface area contributed by atoms with Gasteiger partial charge in [0.1, 0.15) is 17.0 Å². The summed E-state index contributed by atoms with van der Waals surface area (Å²) >= 11 is 0. The molecule has 0 unspecified atom stereocenters. The summed E-state index contributed by atoms with van der Waals surface area (Å²) in [4.78, 5) is 12.4. The average Bonchev–Trinajstić information content (AvgIpc) is 3.27. The van der Waals surface area contributed by atoms with E-state index in [-0.39, 0.29) is 5.91 Å². The Morgan fingerprint density at radius 2 is 2.04 bits per heavy atom. The largest absolute Gasteiger partial charge is 0.361 e. The number of carbonyl (C=O) groups is 1. The lowest BCUT2D eigenvalue weighted by atomic mass is 10.2. The summed E-state index contributed by atoms with van der Waals surface area (Å²) < 4.78 is 21.4. The minimum absolute atomic E-state index is 0.369. The van der Waals surface area contributed by atoms with E-state index in [2.05, 4.69) is 15.6 Å². The number of nitrogens with one attached hydrogen (secondary N) is 1. The van der Waals surface area contributed by atoms with E-state index in [1.807, 2.05) is 13.0 Å². The average molecular weight is 354 g/mol. The van der Waals surface area contributed by atoms with Gasteiger partial charge in [0, 0.05) is 17.3 Å². The molecule has 4 rings (SSSR count). The van der Waals surface area contributed by atoms with E-state index >= 15 is 0 Å². The molecule has 1 saturated carbocycles. The Hall–Kier alpha value is -2.96. The molecule has 6 nitrogen and oxygen atoms in total. The van der Waals surface area contributed by atoms with Gasteiger partial charge in [0.15, 0.2) is 5.82 Å². The summed E-state index contributed by atoms with van der Waals surface area (Å²) in [6.07, 6.45) is 2.22. The Labute approximate surface area is 150 Å². The van der Waals surface area contributed by atoms with Crippen molar-refractivity contribution in [1.82, 2.24) is 14.9 Å². The lowest BCUT2D eigenvalue weighted by Gasteiger charge is -2.10. The van der Waals surface area contributed by atoms with Crippen LogP contribution in [-0.2, 0) is 0 Å². The molecule has 1 aliphatic carbocycles. The van der Waals surface area contributed by atoms with Crippen molar-refractivity contribution in [3.05, 3.63) is 58.5 Å². The number of nitrogens with zero attached hydrogens (tertiary/aromatic N) is 3. The highest BCUT2D eigenvalue weighted by atomic mass is 19.1. The maximum absolute atomic E-state index is 14.7.